The molecule has 5 nitrogen and oxygen atoms in total. The summed E-state index contributed by atoms with van der Waals surface area (Å²) >= 11 is 0. The summed E-state index contributed by atoms with van der Waals surface area (Å²) in [4.78, 5) is 17.1. The lowest BCUT2D eigenvalue weighted by atomic mass is 10.1. The molecule has 5 heteroatoms. The zero-order valence-electron chi connectivity index (χ0n) is 11.4. The molecule has 0 bridgehead atoms. The Kier molecular flexibility index (Phi) is 2.73. The molecular formula is C15H18N4O. The average molecular weight is 270 g/mol. The molecule has 2 aliphatic rings. The van der Waals surface area contributed by atoms with Gasteiger partial charge in [-0.1, -0.05) is 6.07 Å². The lowest BCUT2D eigenvalue weighted by Gasteiger charge is -2.37. The van der Waals surface area contributed by atoms with E-state index < -0.39 is 0 Å². The molecule has 2 aliphatic heterocycles. The van der Waals surface area contributed by atoms with Gasteiger partial charge in [0.05, 0.1) is 11.7 Å². The maximum absolute atomic E-state index is 12.6. The predicted molar refractivity (Wildman–Crippen MR) is 76.6 cm³/mol. The van der Waals surface area contributed by atoms with Gasteiger partial charge >= 0.3 is 0 Å². The van der Waals surface area contributed by atoms with Gasteiger partial charge in [0.2, 0.25) is 0 Å². The number of nitrogens with one attached hydrogen (secondary N) is 1. The number of carbonyl (C=O) groups excluding carboxylic acids is 1. The zero-order chi connectivity index (χ0) is 13.5. The summed E-state index contributed by atoms with van der Waals surface area (Å²) < 4.78 is 0. The molecule has 104 valence electrons. The van der Waals surface area contributed by atoms with E-state index in [0.29, 0.717) is 6.04 Å². The molecule has 3 heterocycles. The van der Waals surface area contributed by atoms with Gasteiger partial charge in [-0.05, 0) is 31.5 Å². The minimum atomic E-state index is 0.146. The summed E-state index contributed by atoms with van der Waals surface area (Å²) in [5.41, 5.74) is 1.68. The number of piperazine rings is 1. The number of fused-ring (bicyclic) bond motifs is 2. The predicted octanol–water partition coefficient (Wildman–Crippen LogP) is 1.48. The van der Waals surface area contributed by atoms with Gasteiger partial charge in [0.25, 0.3) is 5.91 Å². The standard InChI is InChI=1S/C15H18N4O/c20-15(11-3-4-12-9-16-17-14(12)8-11)19-7-6-18-5-1-2-13(18)10-19/h3-4,8-9,13H,1-2,5-7,10H2,(H,16,17). The van der Waals surface area contributed by atoms with Crippen LogP contribution in [0.4, 0.5) is 0 Å². The van der Waals surface area contributed by atoms with Crippen LogP contribution < -0.4 is 0 Å². The first kappa shape index (κ1) is 11.9. The number of nitrogens with zero attached hydrogens (tertiary/aromatic N) is 3. The monoisotopic (exact) mass is 270 g/mol. The highest BCUT2D eigenvalue weighted by molar-refractivity contribution is 5.97. The van der Waals surface area contributed by atoms with Gasteiger partial charge < -0.3 is 4.90 Å². The van der Waals surface area contributed by atoms with Crippen LogP contribution in [0.1, 0.15) is 23.2 Å². The number of aromatic amines is 1. The second-order valence-electron chi connectivity index (χ2n) is 5.76. The van der Waals surface area contributed by atoms with Gasteiger partial charge in [-0.3, -0.25) is 14.8 Å². The van der Waals surface area contributed by atoms with Gasteiger partial charge in [0.15, 0.2) is 0 Å². The van der Waals surface area contributed by atoms with Crippen molar-refractivity contribution in [2.45, 2.75) is 18.9 Å². The van der Waals surface area contributed by atoms with E-state index in [9.17, 15) is 4.79 Å². The molecule has 1 aromatic heterocycles. The van der Waals surface area contributed by atoms with E-state index in [2.05, 4.69) is 15.1 Å². The highest BCUT2D eigenvalue weighted by atomic mass is 16.2. The van der Waals surface area contributed by atoms with Crippen LogP contribution in [-0.2, 0) is 0 Å². The molecule has 1 amide bonds. The van der Waals surface area contributed by atoms with Gasteiger partial charge in [0, 0.05) is 36.6 Å². The fourth-order valence-electron chi connectivity index (χ4n) is 3.43. The molecule has 0 radical (unpaired) electrons. The molecule has 20 heavy (non-hydrogen) atoms. The van der Waals surface area contributed by atoms with Gasteiger partial charge in [-0.25, -0.2) is 0 Å². The van der Waals surface area contributed by atoms with Crippen LogP contribution in [0.5, 0.6) is 0 Å². The van der Waals surface area contributed by atoms with Crippen LogP contribution in [0.15, 0.2) is 24.4 Å². The van der Waals surface area contributed by atoms with Crippen LogP contribution >= 0.6 is 0 Å². The third-order valence-electron chi connectivity index (χ3n) is 4.56. The van der Waals surface area contributed by atoms with Gasteiger partial charge in [0.1, 0.15) is 0 Å². The lowest BCUT2D eigenvalue weighted by Crippen LogP contribution is -2.52. The Balaban J connectivity index is 1.56. The number of rotatable bonds is 1. The molecule has 4 rings (SSSR count). The van der Waals surface area contributed by atoms with Gasteiger partial charge in [-0.15, -0.1) is 0 Å². The maximum Gasteiger partial charge on any atom is 0.254 e. The van der Waals surface area contributed by atoms with Gasteiger partial charge in [-0.2, -0.15) is 5.10 Å². The molecule has 0 aliphatic carbocycles. The molecule has 1 aromatic carbocycles. The number of amides is 1. The minimum Gasteiger partial charge on any atom is -0.336 e. The third kappa shape index (κ3) is 1.89. The Bertz CT molecular complexity index is 650. The van der Waals surface area contributed by atoms with Crippen LogP contribution in [0.3, 0.4) is 0 Å². The number of hydrogen-bond donors (Lipinski definition) is 1. The lowest BCUT2D eigenvalue weighted by molar-refractivity contribution is 0.0571. The zero-order valence-corrected chi connectivity index (χ0v) is 11.4. The molecular weight excluding hydrogens is 252 g/mol. The second kappa shape index (κ2) is 4.59. The largest absolute Gasteiger partial charge is 0.336 e. The van der Waals surface area contributed by atoms with Crippen LogP contribution in [0.25, 0.3) is 10.9 Å². The maximum atomic E-state index is 12.6. The normalized spacial score (nSPS) is 23.2. The van der Waals surface area contributed by atoms with Crippen molar-refractivity contribution in [3.63, 3.8) is 0 Å². The van der Waals surface area contributed by atoms with E-state index in [1.54, 1.807) is 6.20 Å². The van der Waals surface area contributed by atoms with Crippen molar-refractivity contribution >= 4 is 16.8 Å². The smallest absolute Gasteiger partial charge is 0.254 e. The summed E-state index contributed by atoms with van der Waals surface area (Å²) in [6, 6.07) is 6.34. The summed E-state index contributed by atoms with van der Waals surface area (Å²) in [5.74, 6) is 0.146. The molecule has 0 spiro atoms. The Morgan fingerprint density at radius 3 is 3.20 bits per heavy atom. The molecule has 2 aromatic rings. The number of carbonyl (C=O) groups is 1. The molecule has 0 saturated carbocycles. The second-order valence-corrected chi connectivity index (χ2v) is 5.76. The van der Waals surface area contributed by atoms with Crippen molar-refractivity contribution in [3.05, 3.63) is 30.0 Å². The number of hydrogen-bond acceptors (Lipinski definition) is 3. The fraction of sp³-hybridized carbons (Fsp3) is 0.467. The summed E-state index contributed by atoms with van der Waals surface area (Å²) in [6.07, 6.45) is 4.27. The molecule has 1 atom stereocenters. The molecule has 1 unspecified atom stereocenters. The highest BCUT2D eigenvalue weighted by Crippen LogP contribution is 2.23. The SMILES string of the molecule is O=C(c1ccc2cn[nH]c2c1)N1CCN2CCCC2C1. The summed E-state index contributed by atoms with van der Waals surface area (Å²) in [7, 11) is 0. The Labute approximate surface area is 117 Å². The van der Waals surface area contributed by atoms with Crippen molar-refractivity contribution in [3.8, 4) is 0 Å². The molecule has 1 N–H and O–H groups in total. The van der Waals surface area contributed by atoms with Crippen LogP contribution in [0.2, 0.25) is 0 Å². The first-order valence-electron chi connectivity index (χ1n) is 7.28. The molecule has 2 fully saturated rings. The fourth-order valence-corrected chi connectivity index (χ4v) is 3.43. The third-order valence-corrected chi connectivity index (χ3v) is 4.56. The van der Waals surface area contributed by atoms with E-state index in [-0.39, 0.29) is 5.91 Å². The summed E-state index contributed by atoms with van der Waals surface area (Å²) in [6.45, 7) is 3.94. The molecule has 2 saturated heterocycles. The van der Waals surface area contributed by atoms with Crippen molar-refractivity contribution in [2.24, 2.45) is 0 Å². The van der Waals surface area contributed by atoms with Crippen LogP contribution in [0, 0.1) is 0 Å². The van der Waals surface area contributed by atoms with E-state index >= 15 is 0 Å². The van der Waals surface area contributed by atoms with Crippen molar-refractivity contribution in [1.82, 2.24) is 20.0 Å². The Morgan fingerprint density at radius 2 is 2.25 bits per heavy atom. The van der Waals surface area contributed by atoms with E-state index in [0.717, 1.165) is 36.1 Å². The highest BCUT2D eigenvalue weighted by Gasteiger charge is 2.32. The quantitative estimate of drug-likeness (QED) is 0.854. The van der Waals surface area contributed by atoms with E-state index in [1.165, 1.54) is 19.4 Å². The first-order valence-corrected chi connectivity index (χ1v) is 7.28. The van der Waals surface area contributed by atoms with Crippen molar-refractivity contribution in [1.29, 1.82) is 0 Å². The Morgan fingerprint density at radius 1 is 1.30 bits per heavy atom. The van der Waals surface area contributed by atoms with E-state index in [1.807, 2.05) is 23.1 Å². The minimum absolute atomic E-state index is 0.146. The number of H-pyrrole nitrogens is 1. The average Bonchev–Trinajstić information content (AvgIpc) is 3.13. The first-order chi connectivity index (χ1) is 9.81. The number of aromatic nitrogens is 2. The topological polar surface area (TPSA) is 52.2 Å². The van der Waals surface area contributed by atoms with Crippen molar-refractivity contribution < 1.29 is 4.79 Å². The summed E-state index contributed by atoms with van der Waals surface area (Å²) in [5, 5.41) is 7.97. The van der Waals surface area contributed by atoms with Crippen LogP contribution in [-0.4, -0.2) is 58.1 Å². The van der Waals surface area contributed by atoms with E-state index in [4.69, 9.17) is 0 Å². The number of benzene rings is 1. The Hall–Kier alpha value is -1.88. The van der Waals surface area contributed by atoms with Crippen molar-refractivity contribution in [2.75, 3.05) is 26.2 Å².